The number of nitrogens with one attached hydrogen (secondary N) is 3. The van der Waals surface area contributed by atoms with E-state index in [-0.39, 0.29) is 23.2 Å². The predicted molar refractivity (Wildman–Crippen MR) is 144 cm³/mol. The number of phenols is 2. The lowest BCUT2D eigenvalue weighted by atomic mass is 9.90. The average molecular weight is 483 g/mol. The zero-order valence-corrected chi connectivity index (χ0v) is 23.1. The third-order valence-corrected chi connectivity index (χ3v) is 6.85. The monoisotopic (exact) mass is 482 g/mol. The van der Waals surface area contributed by atoms with Crippen molar-refractivity contribution in [1.82, 2.24) is 20.9 Å². The van der Waals surface area contributed by atoms with Crippen LogP contribution in [0.2, 0.25) is 0 Å². The first-order chi connectivity index (χ1) is 16.2. The predicted octanol–water partition coefficient (Wildman–Crippen LogP) is 4.87. The van der Waals surface area contributed by atoms with E-state index in [1.807, 2.05) is 0 Å². The number of aromatic hydroxyl groups is 2. The SMILES string of the molecule is Cc1cc2c(O)c(c1)CNC(C(C)(C)C)N(C)Cc1cc(C)cc(c1O)CNC(C(C)(C)C)NC2. The van der Waals surface area contributed by atoms with Gasteiger partial charge in [0.25, 0.3) is 0 Å². The fourth-order valence-corrected chi connectivity index (χ4v) is 5.19. The zero-order valence-electron chi connectivity index (χ0n) is 23.1. The van der Waals surface area contributed by atoms with Gasteiger partial charge in [0.2, 0.25) is 0 Å². The smallest absolute Gasteiger partial charge is 0.124 e. The third-order valence-electron chi connectivity index (χ3n) is 6.85. The Balaban J connectivity index is 2.07. The van der Waals surface area contributed by atoms with Crippen molar-refractivity contribution < 1.29 is 10.2 Å². The molecule has 6 heteroatoms. The van der Waals surface area contributed by atoms with Gasteiger partial charge in [-0.2, -0.15) is 0 Å². The molecule has 0 amide bonds. The molecule has 2 unspecified atom stereocenters. The van der Waals surface area contributed by atoms with Crippen LogP contribution >= 0.6 is 0 Å². The van der Waals surface area contributed by atoms with Crippen LogP contribution in [0.5, 0.6) is 11.5 Å². The molecule has 5 N–H and O–H groups in total. The van der Waals surface area contributed by atoms with E-state index in [0.717, 1.165) is 33.4 Å². The van der Waals surface area contributed by atoms with E-state index < -0.39 is 0 Å². The maximum atomic E-state index is 11.2. The van der Waals surface area contributed by atoms with Crippen LogP contribution < -0.4 is 16.0 Å². The molecule has 2 atom stereocenters. The van der Waals surface area contributed by atoms with Gasteiger partial charge < -0.3 is 10.2 Å². The zero-order chi connectivity index (χ0) is 26.1. The molecule has 1 aliphatic heterocycles. The fourth-order valence-electron chi connectivity index (χ4n) is 5.19. The number of phenolic OH excluding ortho intramolecular Hbond substituents is 2. The highest BCUT2D eigenvalue weighted by atomic mass is 16.3. The molecule has 0 aromatic heterocycles. The van der Waals surface area contributed by atoms with Crippen molar-refractivity contribution in [2.45, 2.75) is 93.9 Å². The number of fused-ring (bicyclic) bond motifs is 4. The topological polar surface area (TPSA) is 79.8 Å². The van der Waals surface area contributed by atoms with Crippen LogP contribution in [0.3, 0.4) is 0 Å². The van der Waals surface area contributed by atoms with Gasteiger partial charge in [-0.1, -0.05) is 76.9 Å². The summed E-state index contributed by atoms with van der Waals surface area (Å²) in [5.74, 6) is 0.713. The van der Waals surface area contributed by atoms with Crippen LogP contribution in [-0.2, 0) is 26.2 Å². The van der Waals surface area contributed by atoms with Gasteiger partial charge in [0, 0.05) is 48.4 Å². The van der Waals surface area contributed by atoms with Gasteiger partial charge in [0.05, 0.1) is 12.3 Å². The molecule has 0 aliphatic carbocycles. The van der Waals surface area contributed by atoms with Crippen LogP contribution in [-0.4, -0.2) is 34.5 Å². The number of benzene rings is 2. The summed E-state index contributed by atoms with van der Waals surface area (Å²) in [5.41, 5.74) is 5.76. The lowest BCUT2D eigenvalue weighted by molar-refractivity contribution is 0.0860. The molecule has 0 fully saturated rings. The molecule has 3 rings (SSSR count). The molecule has 2 aromatic rings. The van der Waals surface area contributed by atoms with Crippen LogP contribution in [0.1, 0.15) is 74.9 Å². The lowest BCUT2D eigenvalue weighted by Gasteiger charge is -2.39. The van der Waals surface area contributed by atoms with Crippen molar-refractivity contribution in [3.63, 3.8) is 0 Å². The van der Waals surface area contributed by atoms with Crippen molar-refractivity contribution >= 4 is 0 Å². The van der Waals surface area contributed by atoms with Crippen molar-refractivity contribution in [2.24, 2.45) is 10.8 Å². The summed E-state index contributed by atoms with van der Waals surface area (Å²) >= 11 is 0. The summed E-state index contributed by atoms with van der Waals surface area (Å²) in [6.07, 6.45) is 0.0110. The Bertz CT molecular complexity index is 1040. The first-order valence-electron chi connectivity index (χ1n) is 12.7. The Hall–Kier alpha value is -2.12. The first kappa shape index (κ1) is 27.5. The summed E-state index contributed by atoms with van der Waals surface area (Å²) in [6.45, 7) is 19.6. The number of aryl methyl sites for hydroxylation is 2. The molecule has 1 heterocycles. The number of hydrogen-bond donors (Lipinski definition) is 5. The van der Waals surface area contributed by atoms with E-state index >= 15 is 0 Å². The largest absolute Gasteiger partial charge is 0.507 e. The molecule has 2 aromatic carbocycles. The van der Waals surface area contributed by atoms with E-state index in [1.54, 1.807) is 0 Å². The van der Waals surface area contributed by atoms with Crippen LogP contribution in [0.25, 0.3) is 0 Å². The highest BCUT2D eigenvalue weighted by molar-refractivity contribution is 5.44. The molecule has 194 valence electrons. The van der Waals surface area contributed by atoms with Crippen LogP contribution in [0.4, 0.5) is 0 Å². The summed E-state index contributed by atoms with van der Waals surface area (Å²) in [4.78, 5) is 2.25. The van der Waals surface area contributed by atoms with Gasteiger partial charge in [-0.25, -0.2) is 0 Å². The van der Waals surface area contributed by atoms with Gasteiger partial charge >= 0.3 is 0 Å². The van der Waals surface area contributed by atoms with Crippen LogP contribution in [0, 0.1) is 24.7 Å². The first-order valence-corrected chi connectivity index (χ1v) is 12.7. The van der Waals surface area contributed by atoms with E-state index in [1.165, 1.54) is 0 Å². The number of rotatable bonds is 0. The molecule has 4 bridgehead atoms. The third kappa shape index (κ3) is 6.76. The quantitative estimate of drug-likeness (QED) is 0.369. The second-order valence-corrected chi connectivity index (χ2v) is 12.5. The minimum atomic E-state index is -0.0717. The molecule has 0 saturated heterocycles. The maximum Gasteiger partial charge on any atom is 0.124 e. The molecule has 1 aliphatic rings. The Morgan fingerprint density at radius 2 is 1.09 bits per heavy atom. The molecular formula is C29H46N4O2. The Kier molecular flexibility index (Phi) is 8.22. The van der Waals surface area contributed by atoms with Gasteiger partial charge in [-0.15, -0.1) is 0 Å². The van der Waals surface area contributed by atoms with Crippen molar-refractivity contribution in [1.29, 1.82) is 0 Å². The average Bonchev–Trinajstić information content (AvgIpc) is 2.71. The minimum absolute atomic E-state index is 0.0202. The molecule has 0 saturated carbocycles. The Morgan fingerprint density at radius 3 is 1.51 bits per heavy atom. The summed E-state index contributed by atoms with van der Waals surface area (Å²) in [6, 6.07) is 8.26. The summed E-state index contributed by atoms with van der Waals surface area (Å²) < 4.78 is 0. The van der Waals surface area contributed by atoms with Crippen molar-refractivity contribution in [2.75, 3.05) is 7.05 Å². The molecule has 35 heavy (non-hydrogen) atoms. The normalized spacial score (nSPS) is 21.2. The molecule has 0 radical (unpaired) electrons. The van der Waals surface area contributed by atoms with E-state index in [4.69, 9.17) is 0 Å². The maximum absolute atomic E-state index is 11.2. The van der Waals surface area contributed by atoms with Gasteiger partial charge in [-0.05, 0) is 31.7 Å². The Labute approximate surface area is 212 Å². The van der Waals surface area contributed by atoms with Crippen molar-refractivity contribution in [3.05, 3.63) is 57.6 Å². The lowest BCUT2D eigenvalue weighted by Crippen LogP contribution is -2.51. The van der Waals surface area contributed by atoms with E-state index in [2.05, 4.69) is 108 Å². The number of hydrogen-bond acceptors (Lipinski definition) is 6. The van der Waals surface area contributed by atoms with Gasteiger partial charge in [0.15, 0.2) is 0 Å². The van der Waals surface area contributed by atoms with Crippen LogP contribution in [0.15, 0.2) is 24.3 Å². The summed E-state index contributed by atoms with van der Waals surface area (Å²) in [7, 11) is 2.09. The minimum Gasteiger partial charge on any atom is -0.507 e. The summed E-state index contributed by atoms with van der Waals surface area (Å²) in [5, 5.41) is 33.3. The highest BCUT2D eigenvalue weighted by Gasteiger charge is 2.30. The van der Waals surface area contributed by atoms with Gasteiger partial charge in [0.1, 0.15) is 11.5 Å². The molecular weight excluding hydrogens is 436 g/mol. The highest BCUT2D eigenvalue weighted by Crippen LogP contribution is 2.31. The van der Waals surface area contributed by atoms with Crippen molar-refractivity contribution in [3.8, 4) is 11.5 Å². The second-order valence-electron chi connectivity index (χ2n) is 12.5. The van der Waals surface area contributed by atoms with Gasteiger partial charge in [-0.3, -0.25) is 20.9 Å². The van der Waals surface area contributed by atoms with E-state index in [9.17, 15) is 10.2 Å². The molecule has 0 spiro atoms. The standard InChI is InChI=1S/C29H46N4O2/c1-18-10-20-14-30-26(28(3,4)5)31-15-21-12-19(2)13-23(25(21)35)17-33(9)27(29(6,7)8)32-16-22(11-18)24(20)34/h10-13,26-27,30-32,34-35H,14-17H2,1-9H3. The number of nitrogens with zero attached hydrogens (tertiary/aromatic N) is 1. The fraction of sp³-hybridized carbons (Fsp3) is 0.586. The Morgan fingerprint density at radius 1 is 0.686 bits per heavy atom. The second kappa shape index (κ2) is 10.5. The molecule has 6 nitrogen and oxygen atoms in total. The van der Waals surface area contributed by atoms with E-state index in [0.29, 0.717) is 37.7 Å².